The van der Waals surface area contributed by atoms with E-state index in [1.54, 1.807) is 23.9 Å². The Bertz CT molecular complexity index is 797. The van der Waals surface area contributed by atoms with Crippen LogP contribution < -0.4 is 16.2 Å². The average molecular weight is 311 g/mol. The van der Waals surface area contributed by atoms with Crippen LogP contribution in [-0.2, 0) is 18.4 Å². The number of nitrogens with zero attached hydrogens (tertiary/aromatic N) is 2. The van der Waals surface area contributed by atoms with Crippen LogP contribution >= 0.6 is 0 Å². The number of primary amides is 1. The first-order valence-electron chi connectivity index (χ1n) is 7.78. The Labute approximate surface area is 135 Å². The number of fused-ring (bicyclic) bond motifs is 1. The van der Waals surface area contributed by atoms with Gasteiger partial charge in [-0.05, 0) is 36.6 Å². The van der Waals surface area contributed by atoms with Gasteiger partial charge in [0.25, 0.3) is 5.56 Å². The van der Waals surface area contributed by atoms with Crippen LogP contribution in [0.3, 0.4) is 0 Å². The van der Waals surface area contributed by atoms with Gasteiger partial charge in [0.2, 0.25) is 5.91 Å². The van der Waals surface area contributed by atoms with E-state index in [-0.39, 0.29) is 23.4 Å². The highest BCUT2D eigenvalue weighted by Crippen LogP contribution is 2.38. The van der Waals surface area contributed by atoms with Crippen molar-refractivity contribution in [3.05, 3.63) is 64.1 Å². The molecule has 0 fully saturated rings. The number of rotatable bonds is 3. The Hall–Kier alpha value is -2.56. The number of nitrogens with two attached hydrogens (primary N) is 1. The number of aromatic nitrogens is 1. The summed E-state index contributed by atoms with van der Waals surface area (Å²) in [7, 11) is 1.74. The van der Waals surface area contributed by atoms with E-state index in [0.717, 1.165) is 16.8 Å². The maximum Gasteiger partial charge on any atom is 0.250 e. The molecule has 1 aliphatic heterocycles. The number of anilines is 1. The second-order valence-electron chi connectivity index (χ2n) is 6.21. The lowest BCUT2D eigenvalue weighted by Gasteiger charge is -2.40. The summed E-state index contributed by atoms with van der Waals surface area (Å²) in [5.74, 6) is -0.529. The minimum Gasteiger partial charge on any atom is -0.369 e. The maximum absolute atomic E-state index is 11.8. The van der Waals surface area contributed by atoms with Crippen LogP contribution in [0.4, 0.5) is 5.69 Å². The zero-order valence-electron chi connectivity index (χ0n) is 13.4. The molecule has 1 amide bonds. The fraction of sp³-hybridized carbons (Fsp3) is 0.333. The number of hydrogen-bond acceptors (Lipinski definition) is 3. The molecular formula is C18H21N3O2. The van der Waals surface area contributed by atoms with Crippen LogP contribution in [0, 0.1) is 0 Å². The minimum atomic E-state index is -0.280. The Morgan fingerprint density at radius 1 is 1.30 bits per heavy atom. The van der Waals surface area contributed by atoms with Crippen LogP contribution in [0.15, 0.2) is 47.4 Å². The molecule has 0 saturated carbocycles. The van der Waals surface area contributed by atoms with Gasteiger partial charge in [-0.25, -0.2) is 0 Å². The van der Waals surface area contributed by atoms with Crippen LogP contribution in [0.5, 0.6) is 0 Å². The molecule has 120 valence electrons. The number of carbonyl (C=O) groups excluding carboxylic acids is 1. The lowest BCUT2D eigenvalue weighted by molar-refractivity contribution is -0.119. The molecule has 5 heteroatoms. The second-order valence-corrected chi connectivity index (χ2v) is 6.21. The summed E-state index contributed by atoms with van der Waals surface area (Å²) in [6.07, 6.45) is 2.47. The molecule has 0 bridgehead atoms. The van der Waals surface area contributed by atoms with Crippen molar-refractivity contribution in [3.8, 4) is 0 Å². The lowest BCUT2D eigenvalue weighted by Crippen LogP contribution is -2.41. The highest BCUT2D eigenvalue weighted by Gasteiger charge is 2.32. The fourth-order valence-corrected chi connectivity index (χ4v) is 3.27. The number of pyridine rings is 1. The van der Waals surface area contributed by atoms with Crippen LogP contribution in [0.1, 0.15) is 30.4 Å². The summed E-state index contributed by atoms with van der Waals surface area (Å²) in [5.41, 5.74) is 8.52. The third-order valence-corrected chi connectivity index (χ3v) is 4.60. The smallest absolute Gasteiger partial charge is 0.250 e. The van der Waals surface area contributed by atoms with Gasteiger partial charge in [0, 0.05) is 37.6 Å². The third kappa shape index (κ3) is 2.86. The van der Waals surface area contributed by atoms with Gasteiger partial charge in [0.15, 0.2) is 0 Å². The fourth-order valence-electron chi connectivity index (χ4n) is 3.27. The van der Waals surface area contributed by atoms with E-state index < -0.39 is 0 Å². The summed E-state index contributed by atoms with van der Waals surface area (Å²) in [5, 5.41) is 0. The lowest BCUT2D eigenvalue weighted by atomic mass is 9.85. The number of hydrogen-bond donors (Lipinski definition) is 1. The second kappa shape index (κ2) is 5.91. The first-order chi connectivity index (χ1) is 11.0. The van der Waals surface area contributed by atoms with Crippen LogP contribution in [-0.4, -0.2) is 16.5 Å². The van der Waals surface area contributed by atoms with Crippen molar-refractivity contribution in [2.24, 2.45) is 12.8 Å². The van der Waals surface area contributed by atoms with E-state index >= 15 is 0 Å². The quantitative estimate of drug-likeness (QED) is 0.939. The van der Waals surface area contributed by atoms with Gasteiger partial charge in [-0.3, -0.25) is 9.59 Å². The summed E-state index contributed by atoms with van der Waals surface area (Å²) < 4.78 is 1.56. The minimum absolute atomic E-state index is 0.0181. The Balaban J connectivity index is 1.98. The van der Waals surface area contributed by atoms with Gasteiger partial charge in [0.1, 0.15) is 0 Å². The van der Waals surface area contributed by atoms with Crippen molar-refractivity contribution in [3.63, 3.8) is 0 Å². The van der Waals surface area contributed by atoms with Gasteiger partial charge >= 0.3 is 0 Å². The van der Waals surface area contributed by atoms with Crippen molar-refractivity contribution < 1.29 is 4.79 Å². The van der Waals surface area contributed by atoms with Crippen LogP contribution in [0.25, 0.3) is 0 Å². The molecule has 5 nitrogen and oxygen atoms in total. The molecule has 2 aromatic rings. The normalized spacial score (nSPS) is 20.2. The van der Waals surface area contributed by atoms with E-state index in [9.17, 15) is 9.59 Å². The van der Waals surface area contributed by atoms with E-state index in [1.165, 1.54) is 0 Å². The highest BCUT2D eigenvalue weighted by atomic mass is 16.1. The molecule has 1 aromatic carbocycles. The van der Waals surface area contributed by atoms with Crippen molar-refractivity contribution in [2.75, 3.05) is 4.90 Å². The molecule has 0 aliphatic carbocycles. The number of amides is 1. The molecule has 2 heterocycles. The largest absolute Gasteiger partial charge is 0.369 e. The van der Waals surface area contributed by atoms with Crippen LogP contribution in [0.2, 0.25) is 0 Å². The zero-order chi connectivity index (χ0) is 16.6. The number of aryl methyl sites for hydroxylation is 1. The molecule has 23 heavy (non-hydrogen) atoms. The predicted octanol–water partition coefficient (Wildman–Crippen LogP) is 1.75. The SMILES string of the molecule is C[C@H]1C[C@@H](C(N)=O)c2ccccc2N1Cc1ccn(C)c(=O)c1. The van der Waals surface area contributed by atoms with E-state index in [2.05, 4.69) is 11.8 Å². The van der Waals surface area contributed by atoms with Gasteiger partial charge in [-0.1, -0.05) is 18.2 Å². The Morgan fingerprint density at radius 3 is 2.74 bits per heavy atom. The molecule has 1 aliphatic rings. The van der Waals surface area contributed by atoms with Gasteiger partial charge in [0.05, 0.1) is 5.92 Å². The van der Waals surface area contributed by atoms with Crippen molar-refractivity contribution in [2.45, 2.75) is 31.8 Å². The van der Waals surface area contributed by atoms with Crippen molar-refractivity contribution >= 4 is 11.6 Å². The molecule has 0 radical (unpaired) electrons. The standard InChI is InChI=1S/C18H21N3O2/c1-12-9-15(18(19)23)14-5-3-4-6-16(14)21(12)11-13-7-8-20(2)17(22)10-13/h3-8,10,12,15H,9,11H2,1-2H3,(H2,19,23)/t12-,15+/m0/s1. The first-order valence-corrected chi connectivity index (χ1v) is 7.78. The summed E-state index contributed by atoms with van der Waals surface area (Å²) in [6, 6.07) is 11.7. The summed E-state index contributed by atoms with van der Waals surface area (Å²) in [6.45, 7) is 2.73. The highest BCUT2D eigenvalue weighted by molar-refractivity contribution is 5.85. The Kier molecular flexibility index (Phi) is 3.94. The number of carbonyl (C=O) groups is 1. The first kappa shape index (κ1) is 15.3. The molecule has 1 aromatic heterocycles. The van der Waals surface area contributed by atoms with Gasteiger partial charge in [-0.15, -0.1) is 0 Å². The van der Waals surface area contributed by atoms with Crippen molar-refractivity contribution in [1.82, 2.24) is 4.57 Å². The van der Waals surface area contributed by atoms with E-state index in [1.807, 2.05) is 30.3 Å². The molecule has 0 spiro atoms. The van der Waals surface area contributed by atoms with Crippen molar-refractivity contribution in [1.29, 1.82) is 0 Å². The molecule has 0 unspecified atom stereocenters. The number of para-hydroxylation sites is 1. The molecule has 3 rings (SSSR count). The maximum atomic E-state index is 11.8. The molecule has 2 N–H and O–H groups in total. The predicted molar refractivity (Wildman–Crippen MR) is 90.3 cm³/mol. The molecule has 2 atom stereocenters. The number of benzene rings is 1. The van der Waals surface area contributed by atoms with E-state index in [0.29, 0.717) is 13.0 Å². The zero-order valence-corrected chi connectivity index (χ0v) is 13.4. The third-order valence-electron chi connectivity index (χ3n) is 4.60. The van der Waals surface area contributed by atoms with Gasteiger partial charge in [-0.2, -0.15) is 0 Å². The van der Waals surface area contributed by atoms with E-state index in [4.69, 9.17) is 5.73 Å². The summed E-state index contributed by atoms with van der Waals surface area (Å²) >= 11 is 0. The monoisotopic (exact) mass is 311 g/mol. The topological polar surface area (TPSA) is 68.3 Å². The van der Waals surface area contributed by atoms with Gasteiger partial charge < -0.3 is 15.2 Å². The molecular weight excluding hydrogens is 290 g/mol. The average Bonchev–Trinajstić information content (AvgIpc) is 2.53. The Morgan fingerprint density at radius 2 is 2.04 bits per heavy atom. The molecule has 0 saturated heterocycles. The summed E-state index contributed by atoms with van der Waals surface area (Å²) in [4.78, 5) is 25.8.